The fourth-order valence-electron chi connectivity index (χ4n) is 1.54. The highest BCUT2D eigenvalue weighted by Gasteiger charge is 2.18. The number of hydrogen-bond donors (Lipinski definition) is 1. The van der Waals surface area contributed by atoms with E-state index in [1.807, 2.05) is 13.0 Å². The van der Waals surface area contributed by atoms with Crippen molar-refractivity contribution in [2.45, 2.75) is 23.1 Å². The molecular weight excluding hydrogens is 253 g/mol. The largest absolute Gasteiger partial charge is 0.327 e. The van der Waals surface area contributed by atoms with Gasteiger partial charge in [0.15, 0.2) is 0 Å². The minimum absolute atomic E-state index is 0.0590. The predicted molar refractivity (Wildman–Crippen MR) is 73.0 cm³/mol. The topological polar surface area (TPSA) is 26.0 Å². The Bertz CT molecular complexity index is 451. The first-order chi connectivity index (χ1) is 8.16. The molecule has 0 saturated carbocycles. The third-order valence-electron chi connectivity index (χ3n) is 2.38. The van der Waals surface area contributed by atoms with Crippen molar-refractivity contribution in [3.05, 3.63) is 52.5 Å². The molecule has 0 aliphatic heterocycles. The number of nitrogens with two attached hydrogens (primary N) is 1. The van der Waals surface area contributed by atoms with Crippen LogP contribution in [-0.2, 0) is 0 Å². The van der Waals surface area contributed by atoms with E-state index in [1.54, 1.807) is 35.2 Å². The van der Waals surface area contributed by atoms with Crippen molar-refractivity contribution >= 4 is 23.1 Å². The van der Waals surface area contributed by atoms with Gasteiger partial charge in [0.05, 0.1) is 5.25 Å². The zero-order valence-electron chi connectivity index (χ0n) is 9.47. The molecule has 0 spiro atoms. The summed E-state index contributed by atoms with van der Waals surface area (Å²) >= 11 is 3.39. The van der Waals surface area contributed by atoms with Crippen molar-refractivity contribution in [3.63, 3.8) is 0 Å². The molecule has 90 valence electrons. The van der Waals surface area contributed by atoms with Crippen LogP contribution in [-0.4, -0.2) is 6.04 Å². The van der Waals surface area contributed by atoms with Gasteiger partial charge in [-0.2, -0.15) is 0 Å². The molecule has 0 fully saturated rings. The molecule has 1 nitrogen and oxygen atoms in total. The van der Waals surface area contributed by atoms with Crippen LogP contribution in [0, 0.1) is 5.82 Å². The van der Waals surface area contributed by atoms with Crippen molar-refractivity contribution in [1.82, 2.24) is 0 Å². The number of thioether (sulfide) groups is 1. The van der Waals surface area contributed by atoms with Gasteiger partial charge >= 0.3 is 0 Å². The standard InChI is InChI=1S/C13H14FNS2/c1-9(15)13(12-3-2-8-16-12)17-11-6-4-10(14)5-7-11/h2-9,13H,15H2,1H3. The molecule has 0 aliphatic carbocycles. The van der Waals surface area contributed by atoms with Crippen molar-refractivity contribution < 1.29 is 4.39 Å². The average Bonchev–Trinajstić information content (AvgIpc) is 2.81. The second-order valence-electron chi connectivity index (χ2n) is 3.87. The van der Waals surface area contributed by atoms with Crippen molar-refractivity contribution in [2.75, 3.05) is 0 Å². The lowest BCUT2D eigenvalue weighted by Gasteiger charge is -2.18. The summed E-state index contributed by atoms with van der Waals surface area (Å²) in [5.41, 5.74) is 6.02. The number of hydrogen-bond acceptors (Lipinski definition) is 3. The second-order valence-corrected chi connectivity index (χ2v) is 6.06. The molecule has 1 aromatic heterocycles. The molecule has 2 unspecified atom stereocenters. The van der Waals surface area contributed by atoms with Gasteiger partial charge in [-0.3, -0.25) is 0 Å². The Labute approximate surface area is 109 Å². The molecule has 2 N–H and O–H groups in total. The van der Waals surface area contributed by atoms with E-state index in [2.05, 4.69) is 11.4 Å². The highest BCUT2D eigenvalue weighted by molar-refractivity contribution is 7.99. The highest BCUT2D eigenvalue weighted by atomic mass is 32.2. The Kier molecular flexibility index (Phi) is 4.20. The molecule has 4 heteroatoms. The first-order valence-corrected chi connectivity index (χ1v) is 7.14. The molecule has 2 atom stereocenters. The van der Waals surface area contributed by atoms with Gasteiger partial charge in [-0.05, 0) is 42.6 Å². The molecule has 2 aromatic rings. The molecule has 1 aromatic carbocycles. The Morgan fingerprint density at radius 1 is 1.24 bits per heavy atom. The third-order valence-corrected chi connectivity index (χ3v) is 4.96. The lowest BCUT2D eigenvalue weighted by atomic mass is 10.2. The Hall–Kier alpha value is -0.840. The summed E-state index contributed by atoms with van der Waals surface area (Å²) in [6.45, 7) is 2.00. The van der Waals surface area contributed by atoms with Crippen LogP contribution in [0.4, 0.5) is 4.39 Å². The summed E-state index contributed by atoms with van der Waals surface area (Å²) in [5.74, 6) is -0.206. The summed E-state index contributed by atoms with van der Waals surface area (Å²) < 4.78 is 12.8. The minimum Gasteiger partial charge on any atom is -0.327 e. The molecule has 0 aliphatic rings. The smallest absolute Gasteiger partial charge is 0.123 e. The number of halogens is 1. The molecule has 17 heavy (non-hydrogen) atoms. The average molecular weight is 267 g/mol. The monoisotopic (exact) mass is 267 g/mol. The number of thiophene rings is 1. The summed E-state index contributed by atoms with van der Waals surface area (Å²) in [7, 11) is 0. The summed E-state index contributed by atoms with van der Waals surface area (Å²) in [6, 6.07) is 10.7. The van der Waals surface area contributed by atoms with Gasteiger partial charge in [0.25, 0.3) is 0 Å². The molecule has 0 bridgehead atoms. The maximum Gasteiger partial charge on any atom is 0.123 e. The van der Waals surface area contributed by atoms with Crippen LogP contribution in [0.25, 0.3) is 0 Å². The van der Waals surface area contributed by atoms with Crippen LogP contribution >= 0.6 is 23.1 Å². The second kappa shape index (κ2) is 5.67. The molecule has 0 saturated heterocycles. The van der Waals surface area contributed by atoms with Gasteiger partial charge in [0.2, 0.25) is 0 Å². The number of benzene rings is 1. The van der Waals surface area contributed by atoms with E-state index in [0.29, 0.717) is 0 Å². The van der Waals surface area contributed by atoms with Crippen molar-refractivity contribution in [1.29, 1.82) is 0 Å². The van der Waals surface area contributed by atoms with Gasteiger partial charge in [0.1, 0.15) is 5.82 Å². The van der Waals surface area contributed by atoms with Gasteiger partial charge < -0.3 is 5.73 Å². The van der Waals surface area contributed by atoms with Gasteiger partial charge in [0, 0.05) is 15.8 Å². The first-order valence-electron chi connectivity index (χ1n) is 5.38. The zero-order valence-corrected chi connectivity index (χ0v) is 11.1. The fraction of sp³-hybridized carbons (Fsp3) is 0.231. The summed E-state index contributed by atoms with van der Waals surface area (Å²) in [4.78, 5) is 2.30. The number of rotatable bonds is 4. The zero-order chi connectivity index (χ0) is 12.3. The maximum absolute atomic E-state index is 12.8. The lowest BCUT2D eigenvalue weighted by molar-refractivity contribution is 0.626. The normalized spacial score (nSPS) is 14.5. The predicted octanol–water partition coefficient (Wildman–Crippen LogP) is 4.07. The quantitative estimate of drug-likeness (QED) is 0.845. The van der Waals surface area contributed by atoms with E-state index in [4.69, 9.17) is 5.73 Å². The fourth-order valence-corrected chi connectivity index (χ4v) is 3.66. The molecule has 0 radical (unpaired) electrons. The van der Waals surface area contributed by atoms with Crippen molar-refractivity contribution in [3.8, 4) is 0 Å². The molecular formula is C13H14FNS2. The van der Waals surface area contributed by atoms with E-state index in [1.165, 1.54) is 17.0 Å². The summed E-state index contributed by atoms with van der Waals surface area (Å²) in [5, 5.41) is 2.27. The molecule has 1 heterocycles. The van der Waals surface area contributed by atoms with Crippen molar-refractivity contribution in [2.24, 2.45) is 5.73 Å². The van der Waals surface area contributed by atoms with Crippen LogP contribution in [0.2, 0.25) is 0 Å². The van der Waals surface area contributed by atoms with Crippen LogP contribution < -0.4 is 5.73 Å². The van der Waals surface area contributed by atoms with Crippen LogP contribution in [0.1, 0.15) is 17.1 Å². The van der Waals surface area contributed by atoms with E-state index in [0.717, 1.165) is 4.90 Å². The van der Waals surface area contributed by atoms with E-state index < -0.39 is 0 Å². The van der Waals surface area contributed by atoms with Gasteiger partial charge in [-0.15, -0.1) is 23.1 Å². The van der Waals surface area contributed by atoms with Gasteiger partial charge in [-0.1, -0.05) is 6.07 Å². The van der Waals surface area contributed by atoms with Crippen LogP contribution in [0.5, 0.6) is 0 Å². The van der Waals surface area contributed by atoms with Crippen LogP contribution in [0.15, 0.2) is 46.7 Å². The Morgan fingerprint density at radius 2 is 1.94 bits per heavy atom. The maximum atomic E-state index is 12.8. The lowest BCUT2D eigenvalue weighted by Crippen LogP contribution is -2.21. The van der Waals surface area contributed by atoms with Gasteiger partial charge in [-0.25, -0.2) is 4.39 Å². The van der Waals surface area contributed by atoms with Crippen LogP contribution in [0.3, 0.4) is 0 Å². The third kappa shape index (κ3) is 3.31. The Balaban J connectivity index is 2.16. The minimum atomic E-state index is -0.206. The van der Waals surface area contributed by atoms with E-state index in [9.17, 15) is 4.39 Å². The Morgan fingerprint density at radius 3 is 2.47 bits per heavy atom. The first kappa shape index (κ1) is 12.6. The highest BCUT2D eigenvalue weighted by Crippen LogP contribution is 2.39. The van der Waals surface area contributed by atoms with E-state index >= 15 is 0 Å². The summed E-state index contributed by atoms with van der Waals surface area (Å²) in [6.07, 6.45) is 0. The molecule has 0 amide bonds. The SMILES string of the molecule is CC(N)C(Sc1ccc(F)cc1)c1cccs1. The molecule has 2 rings (SSSR count). The van der Waals surface area contributed by atoms with E-state index in [-0.39, 0.29) is 17.1 Å².